The van der Waals surface area contributed by atoms with Gasteiger partial charge in [0.05, 0.1) is 13.2 Å². The molecule has 0 spiro atoms. The molecule has 1 aliphatic heterocycles. The monoisotopic (exact) mass is 292 g/mol. The van der Waals surface area contributed by atoms with Crippen molar-refractivity contribution < 1.29 is 14.6 Å². The molecular formula is C16H24N2O3. The first-order valence-corrected chi connectivity index (χ1v) is 7.64. The fourth-order valence-corrected chi connectivity index (χ4v) is 2.51. The highest BCUT2D eigenvalue weighted by Gasteiger charge is 2.15. The summed E-state index contributed by atoms with van der Waals surface area (Å²) in [6.45, 7) is 5.09. The van der Waals surface area contributed by atoms with Crippen LogP contribution in [0.15, 0.2) is 18.2 Å². The molecule has 1 saturated heterocycles. The maximum absolute atomic E-state index is 12.0. The van der Waals surface area contributed by atoms with Gasteiger partial charge >= 0.3 is 0 Å². The summed E-state index contributed by atoms with van der Waals surface area (Å²) in [6, 6.07) is 5.25. The number of hydrogen-bond donors (Lipinski definition) is 2. The second kappa shape index (κ2) is 7.88. The van der Waals surface area contributed by atoms with Crippen LogP contribution >= 0.6 is 0 Å². The van der Waals surface area contributed by atoms with E-state index in [0.29, 0.717) is 25.4 Å². The first-order chi connectivity index (χ1) is 10.2. The minimum Gasteiger partial charge on any atom is -0.504 e. The van der Waals surface area contributed by atoms with Crippen LogP contribution < -0.4 is 10.1 Å². The first-order valence-electron chi connectivity index (χ1n) is 7.64. The quantitative estimate of drug-likeness (QED) is 0.840. The summed E-state index contributed by atoms with van der Waals surface area (Å²) in [5.74, 6) is 0.794. The molecule has 0 saturated carbocycles. The average molecular weight is 292 g/mol. The molecule has 0 atom stereocenters. The van der Waals surface area contributed by atoms with Gasteiger partial charge in [-0.2, -0.15) is 0 Å². The maximum atomic E-state index is 12.0. The molecule has 0 radical (unpaired) electrons. The number of ether oxygens (including phenoxy) is 1. The van der Waals surface area contributed by atoms with Crippen molar-refractivity contribution in [3.05, 3.63) is 23.8 Å². The van der Waals surface area contributed by atoms with E-state index in [1.807, 2.05) is 17.9 Å². The number of carbonyl (C=O) groups excluding carboxylic acids is 1. The Labute approximate surface area is 125 Å². The Balaban J connectivity index is 1.80. The first kappa shape index (κ1) is 15.6. The van der Waals surface area contributed by atoms with Crippen LogP contribution in [0.5, 0.6) is 11.5 Å². The zero-order chi connectivity index (χ0) is 15.1. The average Bonchev–Trinajstić information content (AvgIpc) is 2.51. The van der Waals surface area contributed by atoms with Gasteiger partial charge in [-0.25, -0.2) is 0 Å². The summed E-state index contributed by atoms with van der Waals surface area (Å²) in [4.78, 5) is 13.9. The van der Waals surface area contributed by atoms with E-state index < -0.39 is 0 Å². The SMILES string of the molecule is CCOc1cc(CNCC(=O)N2CCCCC2)ccc1O. The molecule has 116 valence electrons. The van der Waals surface area contributed by atoms with Crippen LogP contribution in [0, 0.1) is 0 Å². The van der Waals surface area contributed by atoms with E-state index in [0.717, 1.165) is 31.5 Å². The summed E-state index contributed by atoms with van der Waals surface area (Å²) in [5, 5.41) is 12.8. The van der Waals surface area contributed by atoms with Crippen molar-refractivity contribution in [2.45, 2.75) is 32.7 Å². The molecule has 0 unspecified atom stereocenters. The van der Waals surface area contributed by atoms with Gasteiger partial charge < -0.3 is 20.1 Å². The van der Waals surface area contributed by atoms with E-state index in [4.69, 9.17) is 4.74 Å². The van der Waals surface area contributed by atoms with Crippen molar-refractivity contribution in [2.24, 2.45) is 0 Å². The number of aromatic hydroxyl groups is 1. The molecule has 1 aliphatic rings. The number of rotatable bonds is 6. The van der Waals surface area contributed by atoms with Gasteiger partial charge in [0.25, 0.3) is 0 Å². The van der Waals surface area contributed by atoms with Crippen molar-refractivity contribution in [3.63, 3.8) is 0 Å². The molecule has 1 amide bonds. The maximum Gasteiger partial charge on any atom is 0.236 e. The van der Waals surface area contributed by atoms with E-state index in [9.17, 15) is 9.90 Å². The lowest BCUT2D eigenvalue weighted by molar-refractivity contribution is -0.131. The van der Waals surface area contributed by atoms with Crippen molar-refractivity contribution >= 4 is 5.91 Å². The van der Waals surface area contributed by atoms with Crippen molar-refractivity contribution in [3.8, 4) is 11.5 Å². The molecule has 0 aliphatic carbocycles. The fourth-order valence-electron chi connectivity index (χ4n) is 2.51. The largest absolute Gasteiger partial charge is 0.504 e. The van der Waals surface area contributed by atoms with E-state index in [-0.39, 0.29) is 11.7 Å². The Hall–Kier alpha value is -1.75. The van der Waals surface area contributed by atoms with Crippen LogP contribution in [0.4, 0.5) is 0 Å². The molecule has 1 fully saturated rings. The van der Waals surface area contributed by atoms with Crippen LogP contribution in [-0.2, 0) is 11.3 Å². The minimum atomic E-state index is 0.144. The van der Waals surface area contributed by atoms with Crippen molar-refractivity contribution in [1.29, 1.82) is 0 Å². The lowest BCUT2D eigenvalue weighted by Gasteiger charge is -2.26. The number of phenols is 1. The lowest BCUT2D eigenvalue weighted by Crippen LogP contribution is -2.40. The third-order valence-corrected chi connectivity index (χ3v) is 3.64. The molecule has 1 aromatic carbocycles. The standard InChI is InChI=1S/C16H24N2O3/c1-2-21-15-10-13(6-7-14(15)19)11-17-12-16(20)18-8-4-3-5-9-18/h6-7,10,17,19H,2-5,8-9,11-12H2,1H3. The summed E-state index contributed by atoms with van der Waals surface area (Å²) < 4.78 is 5.35. The number of piperidine rings is 1. The Kier molecular flexibility index (Phi) is 5.87. The topological polar surface area (TPSA) is 61.8 Å². The Morgan fingerprint density at radius 2 is 2.10 bits per heavy atom. The molecular weight excluding hydrogens is 268 g/mol. The Morgan fingerprint density at radius 1 is 1.33 bits per heavy atom. The van der Waals surface area contributed by atoms with Crippen LogP contribution in [-0.4, -0.2) is 42.2 Å². The van der Waals surface area contributed by atoms with Crippen LogP contribution in [0.25, 0.3) is 0 Å². The molecule has 1 aromatic rings. The third-order valence-electron chi connectivity index (χ3n) is 3.64. The van der Waals surface area contributed by atoms with Gasteiger partial charge in [0.1, 0.15) is 0 Å². The molecule has 0 bridgehead atoms. The van der Waals surface area contributed by atoms with Gasteiger partial charge in [0.15, 0.2) is 11.5 Å². The van der Waals surface area contributed by atoms with E-state index in [2.05, 4.69) is 5.32 Å². The number of hydrogen-bond acceptors (Lipinski definition) is 4. The van der Waals surface area contributed by atoms with E-state index in [1.165, 1.54) is 6.42 Å². The highest BCUT2D eigenvalue weighted by atomic mass is 16.5. The number of benzene rings is 1. The second-order valence-electron chi connectivity index (χ2n) is 5.28. The van der Waals surface area contributed by atoms with E-state index >= 15 is 0 Å². The highest BCUT2D eigenvalue weighted by Crippen LogP contribution is 2.26. The summed E-state index contributed by atoms with van der Waals surface area (Å²) in [7, 11) is 0. The highest BCUT2D eigenvalue weighted by molar-refractivity contribution is 5.78. The van der Waals surface area contributed by atoms with Crippen LogP contribution in [0.1, 0.15) is 31.7 Å². The predicted octanol–water partition coefficient (Wildman–Crippen LogP) is 1.89. The van der Waals surface area contributed by atoms with Gasteiger partial charge in [-0.05, 0) is 43.9 Å². The third kappa shape index (κ3) is 4.63. The Morgan fingerprint density at radius 3 is 2.81 bits per heavy atom. The summed E-state index contributed by atoms with van der Waals surface area (Å²) in [6.07, 6.45) is 3.45. The van der Waals surface area contributed by atoms with E-state index in [1.54, 1.807) is 12.1 Å². The minimum absolute atomic E-state index is 0.144. The number of likely N-dealkylation sites (tertiary alicyclic amines) is 1. The summed E-state index contributed by atoms with van der Waals surface area (Å²) in [5.41, 5.74) is 0.989. The van der Waals surface area contributed by atoms with Crippen LogP contribution in [0.3, 0.4) is 0 Å². The van der Waals surface area contributed by atoms with Gasteiger partial charge in [-0.1, -0.05) is 6.07 Å². The molecule has 2 rings (SSSR count). The van der Waals surface area contributed by atoms with Crippen molar-refractivity contribution in [2.75, 3.05) is 26.2 Å². The smallest absolute Gasteiger partial charge is 0.236 e. The number of carbonyl (C=O) groups is 1. The number of amides is 1. The molecule has 2 N–H and O–H groups in total. The summed E-state index contributed by atoms with van der Waals surface area (Å²) >= 11 is 0. The van der Waals surface area contributed by atoms with Gasteiger partial charge in [0, 0.05) is 19.6 Å². The zero-order valence-electron chi connectivity index (χ0n) is 12.6. The van der Waals surface area contributed by atoms with Gasteiger partial charge in [-0.3, -0.25) is 4.79 Å². The Bertz CT molecular complexity index is 471. The molecule has 0 aromatic heterocycles. The second-order valence-corrected chi connectivity index (χ2v) is 5.28. The number of nitrogens with one attached hydrogen (secondary N) is 1. The molecule has 21 heavy (non-hydrogen) atoms. The van der Waals surface area contributed by atoms with Crippen molar-refractivity contribution in [1.82, 2.24) is 10.2 Å². The predicted molar refractivity (Wildman–Crippen MR) is 81.4 cm³/mol. The molecule has 5 heteroatoms. The number of nitrogens with zero attached hydrogens (tertiary/aromatic N) is 1. The van der Waals surface area contributed by atoms with Gasteiger partial charge in [-0.15, -0.1) is 0 Å². The van der Waals surface area contributed by atoms with Crippen LogP contribution in [0.2, 0.25) is 0 Å². The normalized spacial score (nSPS) is 15.0. The number of phenolic OH excluding ortho intramolecular Hbond substituents is 1. The molecule has 5 nitrogen and oxygen atoms in total. The molecule has 1 heterocycles. The fraction of sp³-hybridized carbons (Fsp3) is 0.562. The lowest BCUT2D eigenvalue weighted by atomic mass is 10.1. The zero-order valence-corrected chi connectivity index (χ0v) is 12.6. The van der Waals surface area contributed by atoms with Gasteiger partial charge in [0.2, 0.25) is 5.91 Å².